The van der Waals surface area contributed by atoms with Crippen LogP contribution in [0.2, 0.25) is 0 Å². The van der Waals surface area contributed by atoms with Crippen LogP contribution in [-0.4, -0.2) is 60.0 Å². The van der Waals surface area contributed by atoms with Gasteiger partial charge in [0.15, 0.2) is 0 Å². The number of pyridine rings is 1. The van der Waals surface area contributed by atoms with Gasteiger partial charge in [-0.15, -0.1) is 0 Å². The van der Waals surface area contributed by atoms with Gasteiger partial charge in [0, 0.05) is 61.9 Å². The number of nitrogens with zero attached hydrogens (tertiary/aromatic N) is 3. The second kappa shape index (κ2) is 9.61. The van der Waals surface area contributed by atoms with E-state index < -0.39 is 0 Å². The summed E-state index contributed by atoms with van der Waals surface area (Å²) in [5.41, 5.74) is 3.49. The van der Waals surface area contributed by atoms with Crippen molar-refractivity contribution in [2.24, 2.45) is 0 Å². The maximum atomic E-state index is 11.6. The Bertz CT molecular complexity index is 861. The highest BCUT2D eigenvalue weighted by Crippen LogP contribution is 2.30. The number of hydrogen-bond donors (Lipinski definition) is 0. The first-order chi connectivity index (χ1) is 14.6. The predicted molar refractivity (Wildman–Crippen MR) is 119 cm³/mol. The van der Waals surface area contributed by atoms with Crippen molar-refractivity contribution in [1.29, 1.82) is 0 Å². The van der Waals surface area contributed by atoms with Crippen LogP contribution in [0.25, 0.3) is 0 Å². The van der Waals surface area contributed by atoms with Crippen molar-refractivity contribution in [2.75, 3.05) is 33.3 Å². The molecule has 2 fully saturated rings. The number of methoxy groups -OCH3 is 1. The van der Waals surface area contributed by atoms with Gasteiger partial charge in [0.1, 0.15) is 5.75 Å². The van der Waals surface area contributed by atoms with Crippen molar-refractivity contribution < 1.29 is 9.53 Å². The van der Waals surface area contributed by atoms with Gasteiger partial charge >= 0.3 is 0 Å². The molecule has 5 heteroatoms. The minimum Gasteiger partial charge on any atom is -0.496 e. The van der Waals surface area contributed by atoms with Crippen molar-refractivity contribution in [1.82, 2.24) is 14.8 Å². The van der Waals surface area contributed by atoms with E-state index in [9.17, 15) is 4.79 Å². The fraction of sp³-hybridized carbons (Fsp3) is 0.520. The Labute approximate surface area is 180 Å². The van der Waals surface area contributed by atoms with E-state index in [2.05, 4.69) is 35.2 Å². The van der Waals surface area contributed by atoms with Gasteiger partial charge in [-0.3, -0.25) is 14.7 Å². The molecular weight excluding hydrogens is 374 g/mol. The van der Waals surface area contributed by atoms with Crippen LogP contribution in [0.4, 0.5) is 0 Å². The summed E-state index contributed by atoms with van der Waals surface area (Å²) in [6.07, 6.45) is 5.39. The average Bonchev–Trinajstić information content (AvgIpc) is 2.80. The molecule has 1 amide bonds. The SMILES string of the molecule is COc1ccccc1Cc1cccc([C@@H]2CCCN(C3CCN(C(C)=O)CC3)C2)n1. The largest absolute Gasteiger partial charge is 0.496 e. The van der Waals surface area contributed by atoms with Crippen molar-refractivity contribution in [3.63, 3.8) is 0 Å². The molecule has 1 aromatic carbocycles. The van der Waals surface area contributed by atoms with Crippen LogP contribution in [-0.2, 0) is 11.2 Å². The van der Waals surface area contributed by atoms with Gasteiger partial charge in [-0.05, 0) is 50.4 Å². The molecule has 0 unspecified atom stereocenters. The number of amides is 1. The molecule has 0 spiro atoms. The van der Waals surface area contributed by atoms with Gasteiger partial charge in [-0.1, -0.05) is 24.3 Å². The highest BCUT2D eigenvalue weighted by molar-refractivity contribution is 5.73. The molecular formula is C25H33N3O2. The Morgan fingerprint density at radius 1 is 1.07 bits per heavy atom. The molecule has 1 aromatic heterocycles. The minimum atomic E-state index is 0.209. The number of carbonyl (C=O) groups is 1. The zero-order chi connectivity index (χ0) is 20.9. The third kappa shape index (κ3) is 4.84. The summed E-state index contributed by atoms with van der Waals surface area (Å²) in [5.74, 6) is 1.62. The Morgan fingerprint density at radius 3 is 2.63 bits per heavy atom. The molecule has 0 N–H and O–H groups in total. The molecule has 30 heavy (non-hydrogen) atoms. The molecule has 3 heterocycles. The highest BCUT2D eigenvalue weighted by Gasteiger charge is 2.30. The van der Waals surface area contributed by atoms with Crippen molar-refractivity contribution in [3.05, 3.63) is 59.4 Å². The molecule has 160 valence electrons. The van der Waals surface area contributed by atoms with Gasteiger partial charge in [0.25, 0.3) is 0 Å². The minimum absolute atomic E-state index is 0.209. The molecule has 5 nitrogen and oxygen atoms in total. The Kier molecular flexibility index (Phi) is 6.68. The van der Waals surface area contributed by atoms with E-state index in [4.69, 9.17) is 9.72 Å². The number of carbonyl (C=O) groups excluding carboxylic acids is 1. The summed E-state index contributed by atoms with van der Waals surface area (Å²) in [6, 6.07) is 15.2. The smallest absolute Gasteiger partial charge is 0.219 e. The second-order valence-electron chi connectivity index (χ2n) is 8.61. The van der Waals surface area contributed by atoms with Crippen LogP contribution in [0.5, 0.6) is 5.75 Å². The Hall–Kier alpha value is -2.40. The predicted octanol–water partition coefficient (Wildman–Crippen LogP) is 3.87. The lowest BCUT2D eigenvalue weighted by molar-refractivity contribution is -0.130. The number of para-hydroxylation sites is 1. The lowest BCUT2D eigenvalue weighted by atomic mass is 9.91. The van der Waals surface area contributed by atoms with Crippen molar-refractivity contribution >= 4 is 5.91 Å². The van der Waals surface area contributed by atoms with E-state index in [1.807, 2.05) is 17.0 Å². The van der Waals surface area contributed by atoms with Gasteiger partial charge < -0.3 is 9.64 Å². The van der Waals surface area contributed by atoms with Crippen LogP contribution in [0.1, 0.15) is 55.5 Å². The number of rotatable bonds is 5. The zero-order valence-electron chi connectivity index (χ0n) is 18.2. The van der Waals surface area contributed by atoms with Gasteiger partial charge in [0.2, 0.25) is 5.91 Å². The average molecular weight is 408 g/mol. The van der Waals surface area contributed by atoms with Gasteiger partial charge in [0.05, 0.1) is 7.11 Å². The first-order valence-electron chi connectivity index (χ1n) is 11.2. The normalized spacial score (nSPS) is 20.9. The summed E-state index contributed by atoms with van der Waals surface area (Å²) in [7, 11) is 1.72. The van der Waals surface area contributed by atoms with Gasteiger partial charge in [-0.2, -0.15) is 0 Å². The first-order valence-corrected chi connectivity index (χ1v) is 11.2. The van der Waals surface area contributed by atoms with Crippen LogP contribution >= 0.6 is 0 Å². The van der Waals surface area contributed by atoms with Gasteiger partial charge in [-0.25, -0.2) is 0 Å². The maximum Gasteiger partial charge on any atom is 0.219 e. The van der Waals surface area contributed by atoms with Crippen LogP contribution in [0, 0.1) is 0 Å². The Balaban J connectivity index is 1.41. The number of benzene rings is 1. The van der Waals surface area contributed by atoms with Crippen molar-refractivity contribution in [2.45, 2.75) is 51.0 Å². The molecule has 2 aliphatic heterocycles. The fourth-order valence-electron chi connectivity index (χ4n) is 4.99. The molecule has 2 aromatic rings. The van der Waals surface area contributed by atoms with E-state index in [0.29, 0.717) is 12.0 Å². The molecule has 0 bridgehead atoms. The van der Waals surface area contributed by atoms with E-state index in [0.717, 1.165) is 50.3 Å². The molecule has 0 saturated carbocycles. The van der Waals surface area contributed by atoms with Crippen molar-refractivity contribution in [3.8, 4) is 5.75 Å². The number of piperidine rings is 2. The summed E-state index contributed by atoms with van der Waals surface area (Å²) in [4.78, 5) is 21.3. The lowest BCUT2D eigenvalue weighted by Gasteiger charge is -2.42. The summed E-state index contributed by atoms with van der Waals surface area (Å²) < 4.78 is 5.51. The monoisotopic (exact) mass is 407 g/mol. The quantitative estimate of drug-likeness (QED) is 0.755. The van der Waals surface area contributed by atoms with E-state index in [1.54, 1.807) is 14.0 Å². The summed E-state index contributed by atoms with van der Waals surface area (Å²) in [5, 5.41) is 0. The van der Waals surface area contributed by atoms with Crippen LogP contribution in [0.15, 0.2) is 42.5 Å². The number of aromatic nitrogens is 1. The third-order valence-electron chi connectivity index (χ3n) is 6.69. The van der Waals surface area contributed by atoms with E-state index in [-0.39, 0.29) is 5.91 Å². The zero-order valence-corrected chi connectivity index (χ0v) is 18.2. The fourth-order valence-corrected chi connectivity index (χ4v) is 4.99. The molecule has 2 saturated heterocycles. The summed E-state index contributed by atoms with van der Waals surface area (Å²) in [6.45, 7) is 5.72. The highest BCUT2D eigenvalue weighted by atomic mass is 16.5. The Morgan fingerprint density at radius 2 is 1.87 bits per heavy atom. The molecule has 0 radical (unpaired) electrons. The van der Waals surface area contributed by atoms with Crippen LogP contribution < -0.4 is 4.74 Å². The van der Waals surface area contributed by atoms with E-state index >= 15 is 0 Å². The molecule has 4 rings (SSSR count). The number of hydrogen-bond acceptors (Lipinski definition) is 4. The molecule has 1 atom stereocenters. The standard InChI is InChI=1S/C25H33N3O2/c1-19(29)27-15-12-23(13-16-27)28-14-6-8-21(18-28)24-10-5-9-22(26-24)17-20-7-3-4-11-25(20)30-2/h3-5,7,9-11,21,23H,6,8,12-18H2,1-2H3/t21-/m1/s1. The lowest BCUT2D eigenvalue weighted by Crippen LogP contribution is -2.49. The maximum absolute atomic E-state index is 11.6. The molecule has 2 aliphatic rings. The topological polar surface area (TPSA) is 45.7 Å². The van der Waals surface area contributed by atoms with E-state index in [1.165, 1.54) is 30.6 Å². The number of ether oxygens (including phenoxy) is 1. The first kappa shape index (κ1) is 20.9. The number of likely N-dealkylation sites (tertiary alicyclic amines) is 2. The van der Waals surface area contributed by atoms with Crippen LogP contribution in [0.3, 0.4) is 0 Å². The molecule has 0 aliphatic carbocycles. The third-order valence-corrected chi connectivity index (χ3v) is 6.69. The summed E-state index contributed by atoms with van der Waals surface area (Å²) >= 11 is 0. The second-order valence-corrected chi connectivity index (χ2v) is 8.61.